The number of aryl methyl sites for hydroxylation is 2. The van der Waals surface area contributed by atoms with Crippen molar-refractivity contribution >= 4 is 11.8 Å². The third-order valence-corrected chi connectivity index (χ3v) is 5.21. The Kier molecular flexibility index (Phi) is 5.13. The number of aromatic nitrogens is 2. The Morgan fingerprint density at radius 2 is 2.06 bits per heavy atom. The molecule has 0 unspecified atom stereocenters. The first kappa shape index (κ1) is 13.9. The van der Waals surface area contributed by atoms with Gasteiger partial charge in [-0.2, -0.15) is 5.10 Å². The Morgan fingerprint density at radius 3 is 2.72 bits per heavy atom. The van der Waals surface area contributed by atoms with Crippen LogP contribution < -0.4 is 5.32 Å². The number of hydrogen-bond donors (Lipinski definition) is 1. The zero-order valence-electron chi connectivity index (χ0n) is 11.8. The largest absolute Gasteiger partial charge is 0.313 e. The molecular weight excluding hydrogens is 242 g/mol. The van der Waals surface area contributed by atoms with E-state index in [1.807, 2.05) is 11.8 Å². The maximum atomic E-state index is 4.59. The summed E-state index contributed by atoms with van der Waals surface area (Å²) in [6, 6.07) is 0. The van der Waals surface area contributed by atoms with Crippen LogP contribution in [-0.2, 0) is 13.6 Å². The van der Waals surface area contributed by atoms with Crippen LogP contribution in [0.5, 0.6) is 0 Å². The Labute approximate surface area is 115 Å². The van der Waals surface area contributed by atoms with Crippen molar-refractivity contribution in [2.45, 2.75) is 62.8 Å². The summed E-state index contributed by atoms with van der Waals surface area (Å²) in [6.45, 7) is 6.24. The topological polar surface area (TPSA) is 29.9 Å². The standard InChI is InChI=1S/C14H25N3S/c1-4-15-10-13-11(2)16-17(3)14(13)18-12-8-6-5-7-9-12/h12,15H,4-10H2,1-3H3. The highest BCUT2D eigenvalue weighted by Gasteiger charge is 2.20. The summed E-state index contributed by atoms with van der Waals surface area (Å²) in [5, 5.41) is 10.2. The van der Waals surface area contributed by atoms with E-state index in [1.54, 1.807) is 0 Å². The van der Waals surface area contributed by atoms with Gasteiger partial charge in [-0.25, -0.2) is 0 Å². The molecule has 1 saturated carbocycles. The average Bonchev–Trinajstić information content (AvgIpc) is 2.63. The van der Waals surface area contributed by atoms with Crippen LogP contribution >= 0.6 is 11.8 Å². The summed E-state index contributed by atoms with van der Waals surface area (Å²) in [5.41, 5.74) is 2.58. The van der Waals surface area contributed by atoms with Crippen molar-refractivity contribution in [3.05, 3.63) is 11.3 Å². The van der Waals surface area contributed by atoms with E-state index in [0.29, 0.717) is 0 Å². The molecule has 1 fully saturated rings. The van der Waals surface area contributed by atoms with Gasteiger partial charge in [0.05, 0.1) is 10.7 Å². The van der Waals surface area contributed by atoms with Gasteiger partial charge in [0, 0.05) is 24.4 Å². The monoisotopic (exact) mass is 267 g/mol. The number of nitrogens with one attached hydrogen (secondary N) is 1. The van der Waals surface area contributed by atoms with Crippen LogP contribution in [0.2, 0.25) is 0 Å². The molecule has 1 aliphatic rings. The van der Waals surface area contributed by atoms with Crippen molar-refractivity contribution in [2.24, 2.45) is 7.05 Å². The third kappa shape index (κ3) is 3.29. The van der Waals surface area contributed by atoms with Crippen molar-refractivity contribution in [3.8, 4) is 0 Å². The zero-order chi connectivity index (χ0) is 13.0. The molecule has 1 heterocycles. The zero-order valence-corrected chi connectivity index (χ0v) is 12.6. The summed E-state index contributed by atoms with van der Waals surface area (Å²) in [6.07, 6.45) is 6.96. The minimum Gasteiger partial charge on any atom is -0.313 e. The van der Waals surface area contributed by atoms with Gasteiger partial charge < -0.3 is 5.32 Å². The van der Waals surface area contributed by atoms with Crippen LogP contribution in [-0.4, -0.2) is 21.6 Å². The Hall–Kier alpha value is -0.480. The van der Waals surface area contributed by atoms with Crippen molar-refractivity contribution in [3.63, 3.8) is 0 Å². The molecule has 4 heteroatoms. The van der Waals surface area contributed by atoms with Crippen LogP contribution in [0.3, 0.4) is 0 Å². The van der Waals surface area contributed by atoms with Gasteiger partial charge in [-0.1, -0.05) is 26.2 Å². The molecule has 102 valence electrons. The molecule has 1 aliphatic carbocycles. The van der Waals surface area contributed by atoms with E-state index in [0.717, 1.165) is 18.3 Å². The van der Waals surface area contributed by atoms with E-state index in [-0.39, 0.29) is 0 Å². The minimum absolute atomic E-state index is 0.800. The number of nitrogens with zero attached hydrogens (tertiary/aromatic N) is 2. The van der Waals surface area contributed by atoms with E-state index in [1.165, 1.54) is 48.4 Å². The second-order valence-electron chi connectivity index (χ2n) is 5.15. The number of thioether (sulfide) groups is 1. The van der Waals surface area contributed by atoms with Gasteiger partial charge in [-0.15, -0.1) is 11.8 Å². The molecule has 3 nitrogen and oxygen atoms in total. The lowest BCUT2D eigenvalue weighted by Gasteiger charge is -2.21. The molecule has 0 saturated heterocycles. The van der Waals surface area contributed by atoms with Crippen LogP contribution in [0.1, 0.15) is 50.3 Å². The van der Waals surface area contributed by atoms with E-state index >= 15 is 0 Å². The van der Waals surface area contributed by atoms with Crippen molar-refractivity contribution in [1.29, 1.82) is 0 Å². The fourth-order valence-corrected chi connectivity index (χ4v) is 4.06. The average molecular weight is 267 g/mol. The summed E-state index contributed by atoms with van der Waals surface area (Å²) in [4.78, 5) is 0. The molecule has 0 atom stereocenters. The van der Waals surface area contributed by atoms with Crippen LogP contribution in [0.15, 0.2) is 5.03 Å². The lowest BCUT2D eigenvalue weighted by Crippen LogP contribution is -2.14. The molecule has 1 aromatic heterocycles. The molecule has 1 N–H and O–H groups in total. The summed E-state index contributed by atoms with van der Waals surface area (Å²) >= 11 is 2.05. The predicted molar refractivity (Wildman–Crippen MR) is 78.1 cm³/mol. The molecule has 1 aromatic rings. The number of rotatable bonds is 5. The SMILES string of the molecule is CCNCc1c(C)nn(C)c1SC1CCCCC1. The highest BCUT2D eigenvalue weighted by atomic mass is 32.2. The summed E-state index contributed by atoms with van der Waals surface area (Å²) in [7, 11) is 2.08. The van der Waals surface area contributed by atoms with Gasteiger partial charge in [-0.3, -0.25) is 4.68 Å². The lowest BCUT2D eigenvalue weighted by atomic mass is 10.0. The van der Waals surface area contributed by atoms with Crippen LogP contribution in [0.25, 0.3) is 0 Å². The maximum absolute atomic E-state index is 4.59. The van der Waals surface area contributed by atoms with Gasteiger partial charge >= 0.3 is 0 Å². The second kappa shape index (κ2) is 6.62. The molecule has 0 aliphatic heterocycles. The molecule has 0 spiro atoms. The molecule has 0 amide bonds. The first-order valence-corrected chi connectivity index (χ1v) is 8.00. The maximum Gasteiger partial charge on any atom is 0.0987 e. The van der Waals surface area contributed by atoms with E-state index in [4.69, 9.17) is 0 Å². The van der Waals surface area contributed by atoms with Crippen molar-refractivity contribution in [1.82, 2.24) is 15.1 Å². The Morgan fingerprint density at radius 1 is 1.33 bits per heavy atom. The molecule has 0 bridgehead atoms. The van der Waals surface area contributed by atoms with Gasteiger partial charge in [0.2, 0.25) is 0 Å². The predicted octanol–water partition coefficient (Wildman–Crippen LogP) is 3.26. The molecular formula is C14H25N3S. The molecule has 0 radical (unpaired) electrons. The van der Waals surface area contributed by atoms with E-state index < -0.39 is 0 Å². The quantitative estimate of drug-likeness (QED) is 0.888. The summed E-state index contributed by atoms with van der Waals surface area (Å²) in [5.74, 6) is 0. The Bertz CT molecular complexity index is 381. The smallest absolute Gasteiger partial charge is 0.0987 e. The fourth-order valence-electron chi connectivity index (χ4n) is 2.62. The second-order valence-corrected chi connectivity index (χ2v) is 6.44. The van der Waals surface area contributed by atoms with Crippen molar-refractivity contribution < 1.29 is 0 Å². The Balaban J connectivity index is 2.09. The van der Waals surface area contributed by atoms with E-state index in [2.05, 4.69) is 36.0 Å². The first-order chi connectivity index (χ1) is 8.72. The highest BCUT2D eigenvalue weighted by molar-refractivity contribution is 7.99. The van der Waals surface area contributed by atoms with Gasteiger partial charge in [0.1, 0.15) is 0 Å². The van der Waals surface area contributed by atoms with Crippen LogP contribution in [0.4, 0.5) is 0 Å². The van der Waals surface area contributed by atoms with Gasteiger partial charge in [-0.05, 0) is 26.3 Å². The van der Waals surface area contributed by atoms with Crippen molar-refractivity contribution in [2.75, 3.05) is 6.54 Å². The third-order valence-electron chi connectivity index (χ3n) is 3.67. The molecule has 2 rings (SSSR count). The minimum atomic E-state index is 0.800. The molecule has 0 aromatic carbocycles. The molecule has 18 heavy (non-hydrogen) atoms. The summed E-state index contributed by atoms with van der Waals surface area (Å²) < 4.78 is 2.07. The lowest BCUT2D eigenvalue weighted by molar-refractivity contribution is 0.514. The highest BCUT2D eigenvalue weighted by Crippen LogP contribution is 2.35. The normalized spacial score (nSPS) is 17.3. The first-order valence-electron chi connectivity index (χ1n) is 7.12. The van der Waals surface area contributed by atoms with Gasteiger partial charge in [0.25, 0.3) is 0 Å². The van der Waals surface area contributed by atoms with Crippen LogP contribution in [0, 0.1) is 6.92 Å². The number of hydrogen-bond acceptors (Lipinski definition) is 3. The fraction of sp³-hybridized carbons (Fsp3) is 0.786. The van der Waals surface area contributed by atoms with E-state index in [9.17, 15) is 0 Å². The van der Waals surface area contributed by atoms with Gasteiger partial charge in [0.15, 0.2) is 0 Å².